The van der Waals surface area contributed by atoms with Crippen LogP contribution in [0.25, 0.3) is 11.1 Å². The van der Waals surface area contributed by atoms with E-state index < -0.39 is 27.4 Å². The second-order valence-electron chi connectivity index (χ2n) is 14.2. The molecule has 0 radical (unpaired) electrons. The zero-order chi connectivity index (χ0) is 34.5. The fourth-order valence-electron chi connectivity index (χ4n) is 8.54. The van der Waals surface area contributed by atoms with Gasteiger partial charge in [0.1, 0.15) is 0 Å². The quantitative estimate of drug-likeness (QED) is 0.155. The van der Waals surface area contributed by atoms with E-state index in [-0.39, 0.29) is 0 Å². The molecule has 2 aliphatic heterocycles. The first-order chi connectivity index (χ1) is 25.7. The zero-order valence-electron chi connectivity index (χ0n) is 29.0. The van der Waals surface area contributed by atoms with Crippen molar-refractivity contribution >= 4 is 47.7 Å². The van der Waals surface area contributed by atoms with Crippen LogP contribution >= 0.6 is 15.8 Å². The van der Waals surface area contributed by atoms with Gasteiger partial charge in [0.2, 0.25) is 0 Å². The molecule has 0 atom stereocenters. The minimum Gasteiger partial charge on any atom is -0.448 e. The van der Waals surface area contributed by atoms with E-state index in [1.165, 1.54) is 31.8 Å². The van der Waals surface area contributed by atoms with Crippen molar-refractivity contribution in [3.8, 4) is 34.1 Å². The van der Waals surface area contributed by atoms with Gasteiger partial charge in [-0.05, 0) is 97.6 Å². The zero-order valence-corrected chi connectivity index (χ0v) is 30.8. The van der Waals surface area contributed by atoms with Crippen LogP contribution in [-0.4, -0.2) is 11.6 Å². The van der Waals surface area contributed by atoms with Gasteiger partial charge in [-0.1, -0.05) is 121 Å². The molecule has 4 nitrogen and oxygen atoms in total. The summed E-state index contributed by atoms with van der Waals surface area (Å²) in [5, 5.41) is 7.59. The van der Waals surface area contributed by atoms with Crippen molar-refractivity contribution in [2.75, 3.05) is 0 Å². The van der Waals surface area contributed by atoms with Crippen molar-refractivity contribution in [3.63, 3.8) is 0 Å². The average molecular weight is 719 g/mol. The summed E-state index contributed by atoms with van der Waals surface area (Å²) in [4.78, 5) is 0. The van der Waals surface area contributed by atoms with Gasteiger partial charge in [-0.3, -0.25) is 0 Å². The fraction of sp³-hybridized carbons (Fsp3) is 0.217. The highest BCUT2D eigenvalue weighted by atomic mass is 31.1. The van der Waals surface area contributed by atoms with Crippen LogP contribution in [0.1, 0.15) is 51.4 Å². The molecule has 258 valence electrons. The van der Waals surface area contributed by atoms with E-state index in [1.54, 1.807) is 0 Å². The topological polar surface area (TPSA) is 36.9 Å². The van der Waals surface area contributed by atoms with Gasteiger partial charge in [0.15, 0.2) is 23.0 Å². The lowest BCUT2D eigenvalue weighted by Gasteiger charge is -2.28. The van der Waals surface area contributed by atoms with Gasteiger partial charge < -0.3 is 18.9 Å². The molecule has 10 rings (SSSR count). The van der Waals surface area contributed by atoms with Crippen LogP contribution in [0, 0.1) is 0 Å². The first kappa shape index (κ1) is 32.1. The molecule has 6 aromatic rings. The second-order valence-corrected chi connectivity index (χ2v) is 18.6. The summed E-state index contributed by atoms with van der Waals surface area (Å²) in [5.41, 5.74) is 2.15. The number of benzene rings is 6. The maximum absolute atomic E-state index is 7.23. The molecule has 52 heavy (non-hydrogen) atoms. The van der Waals surface area contributed by atoms with Crippen molar-refractivity contribution in [2.45, 2.75) is 62.9 Å². The summed E-state index contributed by atoms with van der Waals surface area (Å²) in [6.45, 7) is 0. The van der Waals surface area contributed by atoms with Gasteiger partial charge in [-0.25, -0.2) is 0 Å². The minimum absolute atomic E-state index is 0.635. The van der Waals surface area contributed by atoms with Crippen LogP contribution < -0.4 is 50.8 Å². The number of fused-ring (bicyclic) bond motifs is 2. The molecule has 0 bridgehead atoms. The van der Waals surface area contributed by atoms with Crippen LogP contribution in [0.3, 0.4) is 0 Å². The summed E-state index contributed by atoms with van der Waals surface area (Å²) in [7, 11) is -2.02. The van der Waals surface area contributed by atoms with E-state index in [0.29, 0.717) is 0 Å². The van der Waals surface area contributed by atoms with Gasteiger partial charge in [0.25, 0.3) is 11.6 Å². The Kier molecular flexibility index (Phi) is 8.08. The Morgan fingerprint density at radius 2 is 0.654 bits per heavy atom. The molecule has 2 spiro atoms. The van der Waals surface area contributed by atoms with Gasteiger partial charge in [-0.2, -0.15) is 0 Å². The Morgan fingerprint density at radius 1 is 0.346 bits per heavy atom. The SMILES string of the molecule is c1ccc(P(c2ccccc2)c2ccc3c(c2-c2c(P(c4ccccc4)c4ccccc4)ccc4c2OC2(CCCC2)O4)OC2(CCCC2)O3)cc1. The van der Waals surface area contributed by atoms with E-state index in [9.17, 15) is 0 Å². The average Bonchev–Trinajstić information content (AvgIpc) is 4.01. The lowest BCUT2D eigenvalue weighted by molar-refractivity contribution is -0.0725. The smallest absolute Gasteiger partial charge is 0.251 e. The first-order valence-corrected chi connectivity index (χ1v) is 21.3. The van der Waals surface area contributed by atoms with Crippen molar-refractivity contribution in [3.05, 3.63) is 146 Å². The summed E-state index contributed by atoms with van der Waals surface area (Å²) < 4.78 is 28.2. The number of rotatable bonds is 7. The first-order valence-electron chi connectivity index (χ1n) is 18.6. The van der Waals surface area contributed by atoms with E-state index in [2.05, 4.69) is 146 Å². The molecule has 0 unspecified atom stereocenters. The molecule has 6 aromatic carbocycles. The highest BCUT2D eigenvalue weighted by Gasteiger charge is 2.49. The predicted octanol–water partition coefficient (Wildman–Crippen LogP) is 8.95. The van der Waals surface area contributed by atoms with E-state index in [1.807, 2.05) is 0 Å². The van der Waals surface area contributed by atoms with E-state index in [0.717, 1.165) is 85.5 Å². The lowest BCUT2D eigenvalue weighted by Crippen LogP contribution is -2.35. The minimum atomic E-state index is -1.01. The molecule has 0 saturated heterocycles. The maximum atomic E-state index is 7.23. The third-order valence-electron chi connectivity index (χ3n) is 10.9. The summed E-state index contributed by atoms with van der Waals surface area (Å²) >= 11 is 0. The Balaban J connectivity index is 1.30. The lowest BCUT2D eigenvalue weighted by atomic mass is 10.0. The third-order valence-corrected chi connectivity index (χ3v) is 15.9. The van der Waals surface area contributed by atoms with Crippen LogP contribution in [0.15, 0.2) is 146 Å². The van der Waals surface area contributed by atoms with Crippen LogP contribution in [0.4, 0.5) is 0 Å². The highest BCUT2D eigenvalue weighted by Crippen LogP contribution is 2.58. The Morgan fingerprint density at radius 3 is 0.962 bits per heavy atom. The molecular weight excluding hydrogens is 678 g/mol. The molecule has 6 heteroatoms. The summed E-state index contributed by atoms with van der Waals surface area (Å²) in [5.74, 6) is 2.03. The van der Waals surface area contributed by atoms with Crippen molar-refractivity contribution < 1.29 is 18.9 Å². The highest BCUT2D eigenvalue weighted by molar-refractivity contribution is 7.80. The molecule has 0 amide bonds. The van der Waals surface area contributed by atoms with Gasteiger partial charge in [-0.15, -0.1) is 0 Å². The largest absolute Gasteiger partial charge is 0.448 e. The van der Waals surface area contributed by atoms with Gasteiger partial charge >= 0.3 is 0 Å². The number of hydrogen-bond donors (Lipinski definition) is 0. The van der Waals surface area contributed by atoms with Crippen LogP contribution in [0.5, 0.6) is 23.0 Å². The monoisotopic (exact) mass is 718 g/mol. The van der Waals surface area contributed by atoms with Crippen LogP contribution in [-0.2, 0) is 0 Å². The maximum Gasteiger partial charge on any atom is 0.251 e. The molecule has 0 aromatic heterocycles. The Labute approximate surface area is 308 Å². The number of ether oxygens (including phenoxy) is 4. The molecular formula is C46H40O4P2. The Bertz CT molecular complexity index is 1970. The van der Waals surface area contributed by atoms with Crippen molar-refractivity contribution in [1.82, 2.24) is 0 Å². The van der Waals surface area contributed by atoms with Gasteiger partial charge in [0.05, 0.1) is 0 Å². The molecule has 0 N–H and O–H groups in total. The number of hydrogen-bond acceptors (Lipinski definition) is 4. The predicted molar refractivity (Wildman–Crippen MR) is 214 cm³/mol. The van der Waals surface area contributed by atoms with Crippen LogP contribution in [0.2, 0.25) is 0 Å². The molecule has 2 aliphatic carbocycles. The van der Waals surface area contributed by atoms with E-state index >= 15 is 0 Å². The normalized spacial score (nSPS) is 17.5. The van der Waals surface area contributed by atoms with Crippen molar-refractivity contribution in [2.24, 2.45) is 0 Å². The summed E-state index contributed by atoms with van der Waals surface area (Å²) in [6.07, 6.45) is 7.89. The summed E-state index contributed by atoms with van der Waals surface area (Å²) in [6, 6.07) is 52.8. The van der Waals surface area contributed by atoms with Gasteiger partial charge in [0, 0.05) is 36.8 Å². The Hall–Kier alpha value is -4.62. The van der Waals surface area contributed by atoms with Crippen molar-refractivity contribution in [1.29, 1.82) is 0 Å². The standard InChI is InChI=1S/C46H40O4P2/c1-5-17-33(18-6-1)51(34-19-7-2-8-20-34)39-27-25-37-43(49-45(47-37)29-13-14-30-45)41(39)42-40(28-26-38-44(42)50-46(48-38)31-15-16-32-46)52(35-21-9-3-10-22-35)36-23-11-4-12-24-36/h1-12,17-28H,13-16,29-32H2. The molecule has 2 fully saturated rings. The van der Waals surface area contributed by atoms with E-state index in [4.69, 9.17) is 18.9 Å². The molecule has 2 saturated carbocycles. The molecule has 4 aliphatic rings. The fourth-order valence-corrected chi connectivity index (χ4v) is 13.4. The third kappa shape index (κ3) is 5.51. The second kappa shape index (κ2) is 13.1. The molecule has 2 heterocycles.